The van der Waals surface area contributed by atoms with Crippen molar-refractivity contribution in [2.75, 3.05) is 18.5 Å². The van der Waals surface area contributed by atoms with Crippen molar-refractivity contribution in [2.24, 2.45) is 0 Å². The predicted molar refractivity (Wildman–Crippen MR) is 112 cm³/mol. The smallest absolute Gasteiger partial charge is 0.248 e. The van der Waals surface area contributed by atoms with E-state index in [4.69, 9.17) is 14.7 Å². The number of aryl methyl sites for hydroxylation is 1. The quantitative estimate of drug-likeness (QED) is 0.660. The zero-order chi connectivity index (χ0) is 20.1. The number of carbonyl (C=O) groups is 1. The molecule has 4 rings (SSSR count). The van der Waals surface area contributed by atoms with Gasteiger partial charge in [0.15, 0.2) is 11.5 Å². The second-order valence-electron chi connectivity index (χ2n) is 6.74. The van der Waals surface area contributed by atoms with E-state index < -0.39 is 0 Å². The molecule has 0 saturated carbocycles. The number of hydrogen-bond donors (Lipinski definition) is 1. The highest BCUT2D eigenvalue weighted by molar-refractivity contribution is 6.03. The third-order valence-electron chi connectivity index (χ3n) is 4.71. The lowest BCUT2D eigenvalue weighted by Gasteiger charge is -2.09. The maximum Gasteiger partial charge on any atom is 0.248 e. The minimum Gasteiger partial charge on any atom is -0.490 e. The molecule has 29 heavy (non-hydrogen) atoms. The first-order chi connectivity index (χ1) is 14.2. The number of nitrogens with zero attached hydrogens (tertiary/aromatic N) is 2. The zero-order valence-electron chi connectivity index (χ0n) is 15.9. The monoisotopic (exact) mass is 387 g/mol. The Morgan fingerprint density at radius 3 is 2.86 bits per heavy atom. The Bertz CT molecular complexity index is 1110. The van der Waals surface area contributed by atoms with E-state index in [1.54, 1.807) is 18.2 Å². The van der Waals surface area contributed by atoms with Crippen LogP contribution in [0.4, 0.5) is 5.69 Å². The van der Waals surface area contributed by atoms with Crippen molar-refractivity contribution in [3.05, 3.63) is 60.3 Å². The van der Waals surface area contributed by atoms with Crippen LogP contribution in [0.5, 0.6) is 11.5 Å². The van der Waals surface area contributed by atoms with Crippen LogP contribution in [0.2, 0.25) is 0 Å². The number of rotatable bonds is 5. The molecule has 2 heterocycles. The third-order valence-corrected chi connectivity index (χ3v) is 4.71. The van der Waals surface area contributed by atoms with Gasteiger partial charge in [-0.05, 0) is 24.3 Å². The van der Waals surface area contributed by atoms with E-state index in [1.165, 1.54) is 6.08 Å². The lowest BCUT2D eigenvalue weighted by molar-refractivity contribution is -0.111. The number of benzene rings is 2. The molecule has 146 valence electrons. The average molecular weight is 387 g/mol. The number of nitrogens with one attached hydrogen (secondary N) is 1. The Morgan fingerprint density at radius 1 is 1.17 bits per heavy atom. The van der Waals surface area contributed by atoms with Crippen LogP contribution in [0.1, 0.15) is 18.4 Å². The van der Waals surface area contributed by atoms with Gasteiger partial charge >= 0.3 is 0 Å². The summed E-state index contributed by atoms with van der Waals surface area (Å²) in [7, 11) is 0. The van der Waals surface area contributed by atoms with Crippen molar-refractivity contribution in [1.82, 2.24) is 4.57 Å². The van der Waals surface area contributed by atoms with Crippen LogP contribution < -0.4 is 14.8 Å². The number of anilines is 1. The number of para-hydroxylation sites is 1. The van der Waals surface area contributed by atoms with Crippen LogP contribution in [-0.4, -0.2) is 23.7 Å². The first kappa shape index (κ1) is 18.6. The van der Waals surface area contributed by atoms with Crippen molar-refractivity contribution in [2.45, 2.75) is 19.4 Å². The molecule has 0 bridgehead atoms. The number of ether oxygens (including phenoxy) is 2. The molecule has 1 aliphatic rings. The number of carbonyl (C=O) groups excluding carboxylic acids is 1. The molecule has 0 radical (unpaired) electrons. The SMILES string of the molecule is N#CCCn1cc(/C=C/C(=O)Nc2ccc3c(c2)OCCCO3)c2ccccc21. The molecule has 1 aromatic heterocycles. The summed E-state index contributed by atoms with van der Waals surface area (Å²) in [4.78, 5) is 12.4. The van der Waals surface area contributed by atoms with E-state index in [1.807, 2.05) is 41.1 Å². The van der Waals surface area contributed by atoms with Gasteiger partial charge in [-0.1, -0.05) is 18.2 Å². The topological polar surface area (TPSA) is 76.3 Å². The van der Waals surface area contributed by atoms with E-state index in [9.17, 15) is 4.79 Å². The van der Waals surface area contributed by atoms with Crippen LogP contribution in [-0.2, 0) is 11.3 Å². The first-order valence-corrected chi connectivity index (χ1v) is 9.58. The summed E-state index contributed by atoms with van der Waals surface area (Å²) < 4.78 is 13.3. The lowest BCUT2D eigenvalue weighted by atomic mass is 10.1. The zero-order valence-corrected chi connectivity index (χ0v) is 15.9. The Balaban J connectivity index is 1.50. The van der Waals surface area contributed by atoms with E-state index in [0.29, 0.717) is 43.4 Å². The highest BCUT2D eigenvalue weighted by Gasteiger charge is 2.11. The van der Waals surface area contributed by atoms with E-state index in [2.05, 4.69) is 11.4 Å². The van der Waals surface area contributed by atoms with Crippen LogP contribution in [0, 0.1) is 11.3 Å². The van der Waals surface area contributed by atoms with E-state index >= 15 is 0 Å². The molecule has 6 nitrogen and oxygen atoms in total. The van der Waals surface area contributed by atoms with Crippen molar-refractivity contribution in [1.29, 1.82) is 5.26 Å². The Kier molecular flexibility index (Phi) is 5.48. The normalized spacial score (nSPS) is 13.2. The third kappa shape index (κ3) is 4.25. The summed E-state index contributed by atoms with van der Waals surface area (Å²) in [5.74, 6) is 1.11. The molecule has 3 aromatic rings. The molecule has 0 aliphatic carbocycles. The van der Waals surface area contributed by atoms with Crippen LogP contribution in [0.3, 0.4) is 0 Å². The summed E-state index contributed by atoms with van der Waals surface area (Å²) in [5.41, 5.74) is 2.64. The Labute approximate surface area is 169 Å². The summed E-state index contributed by atoms with van der Waals surface area (Å²) >= 11 is 0. The highest BCUT2D eigenvalue weighted by atomic mass is 16.5. The van der Waals surface area contributed by atoms with Crippen molar-refractivity contribution in [3.8, 4) is 17.6 Å². The van der Waals surface area contributed by atoms with Crippen LogP contribution in [0.15, 0.2) is 54.7 Å². The molecular formula is C23H21N3O3. The van der Waals surface area contributed by atoms with Gasteiger partial charge in [0.25, 0.3) is 0 Å². The van der Waals surface area contributed by atoms with Gasteiger partial charge in [-0.15, -0.1) is 0 Å². The first-order valence-electron chi connectivity index (χ1n) is 9.58. The fourth-order valence-corrected chi connectivity index (χ4v) is 3.35. The van der Waals surface area contributed by atoms with Crippen LogP contribution >= 0.6 is 0 Å². The molecule has 1 aliphatic heterocycles. The summed E-state index contributed by atoms with van der Waals surface area (Å²) in [5, 5.41) is 12.8. The molecular weight excluding hydrogens is 366 g/mol. The van der Waals surface area contributed by atoms with Gasteiger partial charge in [0, 0.05) is 53.5 Å². The molecule has 1 N–H and O–H groups in total. The number of aromatic nitrogens is 1. The minimum atomic E-state index is -0.228. The summed E-state index contributed by atoms with van der Waals surface area (Å²) in [6, 6.07) is 15.5. The summed E-state index contributed by atoms with van der Waals surface area (Å²) in [6.45, 7) is 1.85. The molecule has 0 saturated heterocycles. The van der Waals surface area contributed by atoms with Gasteiger partial charge < -0.3 is 19.4 Å². The largest absolute Gasteiger partial charge is 0.490 e. The Hall–Kier alpha value is -3.72. The fourth-order valence-electron chi connectivity index (χ4n) is 3.35. The van der Waals surface area contributed by atoms with E-state index in [0.717, 1.165) is 22.9 Å². The molecule has 0 fully saturated rings. The number of hydrogen-bond acceptors (Lipinski definition) is 4. The van der Waals surface area contributed by atoms with E-state index in [-0.39, 0.29) is 5.91 Å². The molecule has 2 aromatic carbocycles. The number of amides is 1. The minimum absolute atomic E-state index is 0.228. The second-order valence-corrected chi connectivity index (χ2v) is 6.74. The number of fused-ring (bicyclic) bond motifs is 2. The molecule has 6 heteroatoms. The van der Waals surface area contributed by atoms with Crippen molar-refractivity contribution >= 4 is 28.6 Å². The lowest BCUT2D eigenvalue weighted by Crippen LogP contribution is -2.07. The van der Waals surface area contributed by atoms with Gasteiger partial charge in [0.2, 0.25) is 5.91 Å². The fraction of sp³-hybridized carbons (Fsp3) is 0.217. The number of nitriles is 1. The van der Waals surface area contributed by atoms with Crippen LogP contribution in [0.25, 0.3) is 17.0 Å². The highest BCUT2D eigenvalue weighted by Crippen LogP contribution is 2.32. The van der Waals surface area contributed by atoms with Gasteiger partial charge in [-0.25, -0.2) is 0 Å². The molecule has 0 unspecified atom stereocenters. The van der Waals surface area contributed by atoms with Crippen molar-refractivity contribution < 1.29 is 14.3 Å². The molecule has 1 amide bonds. The Morgan fingerprint density at radius 2 is 2.00 bits per heavy atom. The van der Waals surface area contributed by atoms with Gasteiger partial charge in [-0.2, -0.15) is 5.26 Å². The van der Waals surface area contributed by atoms with Crippen molar-refractivity contribution in [3.63, 3.8) is 0 Å². The predicted octanol–water partition coefficient (Wildman–Crippen LogP) is 4.37. The summed E-state index contributed by atoms with van der Waals surface area (Å²) in [6.07, 6.45) is 6.55. The maximum atomic E-state index is 12.4. The van der Waals surface area contributed by atoms with Gasteiger partial charge in [-0.3, -0.25) is 4.79 Å². The average Bonchev–Trinajstić information content (AvgIpc) is 2.91. The molecule has 0 spiro atoms. The van der Waals surface area contributed by atoms with Gasteiger partial charge in [0.05, 0.1) is 25.7 Å². The maximum absolute atomic E-state index is 12.4. The van der Waals surface area contributed by atoms with Gasteiger partial charge in [0.1, 0.15) is 0 Å². The molecule has 0 atom stereocenters. The standard InChI is InChI=1S/C23H21N3O3/c24-11-3-12-26-16-17(19-5-1-2-6-20(19)26)7-10-23(27)25-18-8-9-21-22(15-18)29-14-4-13-28-21/h1-2,5-10,15-16H,3-4,12-14H2,(H,25,27)/b10-7+. The second kappa shape index (κ2) is 8.53.